The van der Waals surface area contributed by atoms with Gasteiger partial charge in [-0.05, 0) is 153 Å². The van der Waals surface area contributed by atoms with Gasteiger partial charge in [-0.1, -0.05) is 246 Å². The summed E-state index contributed by atoms with van der Waals surface area (Å²) in [5.41, 5.74) is 28.3. The highest BCUT2D eigenvalue weighted by Gasteiger charge is 2.34. The van der Waals surface area contributed by atoms with Crippen molar-refractivity contribution in [1.29, 1.82) is 0 Å². The van der Waals surface area contributed by atoms with Crippen molar-refractivity contribution in [1.82, 2.24) is 0 Å². The van der Waals surface area contributed by atoms with Crippen molar-refractivity contribution < 1.29 is 0 Å². The molecule has 67 heavy (non-hydrogen) atoms. The minimum Gasteiger partial charge on any atom is -0.0622 e. The van der Waals surface area contributed by atoms with Gasteiger partial charge in [-0.3, -0.25) is 0 Å². The van der Waals surface area contributed by atoms with E-state index in [1.807, 2.05) is 6.07 Å². The summed E-state index contributed by atoms with van der Waals surface area (Å²) in [6, 6.07) is 72.8. The molecule has 0 saturated carbocycles. The molecule has 0 nitrogen and oxygen atoms in total. The van der Waals surface area contributed by atoms with Crippen molar-refractivity contribution in [2.45, 2.75) is 87.0 Å². The fourth-order valence-corrected chi connectivity index (χ4v) is 9.91. The van der Waals surface area contributed by atoms with Crippen LogP contribution in [0.1, 0.15) is 90.6 Å². The maximum atomic E-state index is 2.39. The average Bonchev–Trinajstić information content (AvgIpc) is 3.57. The van der Waals surface area contributed by atoms with Crippen molar-refractivity contribution in [2.75, 3.05) is 0 Å². The molecule has 0 N–H and O–H groups in total. The lowest BCUT2D eigenvalue weighted by atomic mass is 9.82. The normalized spacial score (nSPS) is 12.0. The molecule has 9 aromatic rings. The molecule has 0 saturated heterocycles. The molecule has 10 rings (SSSR count). The standard InChI is InChI=1S/C36H34.C16H16.C15H16/c1-6-28-23-30(21-22-36(28)29-19-17-24(2)18-20-29)32-13-9-15-34(26(32)4)35-16-10-14-33(27(35)5)31-12-8-7-11-25(31)3;1-11-8-9-13-12-6-4-5-7-14(12)16(2,3)15(13)10-11;1-12(2)13-8-10-15(11-9-13)14-6-4-3-5-7-14/h7-23H,6H2,1-5H3;4-10H,1-3H3;3-12H,1-2H3. The van der Waals surface area contributed by atoms with E-state index >= 15 is 0 Å². The number of fused-ring (bicyclic) bond motifs is 3. The van der Waals surface area contributed by atoms with E-state index < -0.39 is 0 Å². The van der Waals surface area contributed by atoms with Crippen molar-refractivity contribution in [3.8, 4) is 66.8 Å². The van der Waals surface area contributed by atoms with Crippen LogP contribution in [0.5, 0.6) is 0 Å². The van der Waals surface area contributed by atoms with Crippen LogP contribution in [0.25, 0.3) is 66.8 Å². The largest absolute Gasteiger partial charge is 0.0622 e. The van der Waals surface area contributed by atoms with Gasteiger partial charge >= 0.3 is 0 Å². The Bertz CT molecular complexity index is 3120. The summed E-state index contributed by atoms with van der Waals surface area (Å²) in [5.74, 6) is 0.606. The Morgan fingerprint density at radius 1 is 0.358 bits per heavy atom. The Kier molecular flexibility index (Phi) is 14.0. The van der Waals surface area contributed by atoms with Gasteiger partial charge in [0.15, 0.2) is 0 Å². The van der Waals surface area contributed by atoms with Crippen molar-refractivity contribution >= 4 is 0 Å². The minimum atomic E-state index is 0.151. The van der Waals surface area contributed by atoms with Gasteiger partial charge in [-0.2, -0.15) is 0 Å². The van der Waals surface area contributed by atoms with Gasteiger partial charge in [-0.15, -0.1) is 0 Å². The Morgan fingerprint density at radius 2 is 0.836 bits per heavy atom. The Hall–Kier alpha value is -7.02. The molecule has 1 aliphatic carbocycles. The second-order valence-corrected chi connectivity index (χ2v) is 19.2. The van der Waals surface area contributed by atoms with E-state index in [1.165, 1.54) is 117 Å². The lowest BCUT2D eigenvalue weighted by molar-refractivity contribution is 0.660. The zero-order chi connectivity index (χ0) is 47.2. The quantitative estimate of drug-likeness (QED) is 0.150. The molecule has 0 aliphatic heterocycles. The summed E-state index contributed by atoms with van der Waals surface area (Å²) >= 11 is 0. The molecule has 0 spiro atoms. The topological polar surface area (TPSA) is 0 Å². The molecule has 0 aromatic heterocycles. The highest BCUT2D eigenvalue weighted by Crippen LogP contribution is 2.48. The maximum absolute atomic E-state index is 2.39. The van der Waals surface area contributed by atoms with Gasteiger partial charge in [0, 0.05) is 5.41 Å². The van der Waals surface area contributed by atoms with E-state index in [2.05, 4.69) is 263 Å². The molecular weight excluding hydrogens is 805 g/mol. The second-order valence-electron chi connectivity index (χ2n) is 19.2. The van der Waals surface area contributed by atoms with Crippen LogP contribution in [0, 0.1) is 34.6 Å². The Morgan fingerprint density at radius 3 is 1.48 bits per heavy atom. The van der Waals surface area contributed by atoms with Crippen LogP contribution in [-0.2, 0) is 11.8 Å². The van der Waals surface area contributed by atoms with Gasteiger partial charge in [0.1, 0.15) is 0 Å². The first-order valence-corrected chi connectivity index (χ1v) is 24.2. The lowest BCUT2D eigenvalue weighted by Crippen LogP contribution is -2.14. The van der Waals surface area contributed by atoms with Crippen LogP contribution in [0.15, 0.2) is 200 Å². The van der Waals surface area contributed by atoms with E-state index in [4.69, 9.17) is 0 Å². The smallest absolute Gasteiger partial charge is 0.0158 e. The van der Waals surface area contributed by atoms with E-state index in [1.54, 1.807) is 0 Å². The van der Waals surface area contributed by atoms with E-state index in [-0.39, 0.29) is 5.41 Å². The summed E-state index contributed by atoms with van der Waals surface area (Å²) in [6.07, 6.45) is 1.01. The number of benzene rings is 9. The fraction of sp³-hybridized carbons (Fsp3) is 0.194. The molecule has 0 heteroatoms. The molecular formula is C67H66. The molecule has 1 aliphatic rings. The molecule has 9 aromatic carbocycles. The van der Waals surface area contributed by atoms with Gasteiger partial charge in [0.25, 0.3) is 0 Å². The molecule has 0 fully saturated rings. The first kappa shape index (κ1) is 46.5. The summed E-state index contributed by atoms with van der Waals surface area (Å²) in [4.78, 5) is 0. The van der Waals surface area contributed by atoms with Crippen molar-refractivity contribution in [3.63, 3.8) is 0 Å². The third-order valence-corrected chi connectivity index (χ3v) is 14.0. The number of hydrogen-bond donors (Lipinski definition) is 0. The molecule has 0 heterocycles. The molecule has 334 valence electrons. The molecule has 0 unspecified atom stereocenters. The highest BCUT2D eigenvalue weighted by molar-refractivity contribution is 5.85. The Labute approximate surface area is 402 Å². The average molecular weight is 871 g/mol. The van der Waals surface area contributed by atoms with E-state index in [9.17, 15) is 0 Å². The number of aryl methyl sites for hydroxylation is 4. The van der Waals surface area contributed by atoms with Crippen LogP contribution >= 0.6 is 0 Å². The van der Waals surface area contributed by atoms with Crippen molar-refractivity contribution in [3.05, 3.63) is 250 Å². The molecule has 0 bridgehead atoms. The van der Waals surface area contributed by atoms with Crippen LogP contribution in [0.3, 0.4) is 0 Å². The first-order chi connectivity index (χ1) is 32.3. The van der Waals surface area contributed by atoms with Gasteiger partial charge in [0.05, 0.1) is 0 Å². The lowest BCUT2D eigenvalue weighted by Gasteiger charge is -2.21. The summed E-state index contributed by atoms with van der Waals surface area (Å²) < 4.78 is 0. The first-order valence-electron chi connectivity index (χ1n) is 24.2. The van der Waals surface area contributed by atoms with Gasteiger partial charge < -0.3 is 0 Å². The number of hydrogen-bond acceptors (Lipinski definition) is 0. The predicted molar refractivity (Wildman–Crippen MR) is 291 cm³/mol. The summed E-state index contributed by atoms with van der Waals surface area (Å²) in [6.45, 7) is 22.3. The number of rotatable bonds is 7. The van der Waals surface area contributed by atoms with E-state index in [0.29, 0.717) is 5.92 Å². The monoisotopic (exact) mass is 871 g/mol. The van der Waals surface area contributed by atoms with E-state index in [0.717, 1.165) is 6.42 Å². The second kappa shape index (κ2) is 20.2. The zero-order valence-corrected chi connectivity index (χ0v) is 41.3. The third-order valence-electron chi connectivity index (χ3n) is 14.0. The summed E-state index contributed by atoms with van der Waals surface area (Å²) in [7, 11) is 0. The SMILES string of the molecule is CC(C)c1ccc(-c2ccccc2)cc1.CCc1cc(-c2cccc(-c3cccc(-c4ccccc4C)c3C)c2C)ccc1-c1ccc(C)cc1.Cc1ccc2c(c1)C(C)(C)c1ccccc1-2. The predicted octanol–water partition coefficient (Wildman–Crippen LogP) is 18.9. The van der Waals surface area contributed by atoms with Crippen LogP contribution in [0.2, 0.25) is 0 Å². The molecule has 0 amide bonds. The molecule has 0 atom stereocenters. The fourth-order valence-electron chi connectivity index (χ4n) is 9.91. The maximum Gasteiger partial charge on any atom is 0.0158 e. The third kappa shape index (κ3) is 9.91. The zero-order valence-electron chi connectivity index (χ0n) is 41.3. The summed E-state index contributed by atoms with van der Waals surface area (Å²) in [5, 5.41) is 0. The van der Waals surface area contributed by atoms with Gasteiger partial charge in [-0.25, -0.2) is 0 Å². The minimum absolute atomic E-state index is 0.151. The highest BCUT2D eigenvalue weighted by atomic mass is 14.4. The Balaban J connectivity index is 0.000000160. The van der Waals surface area contributed by atoms with Gasteiger partial charge in [0.2, 0.25) is 0 Å². The van der Waals surface area contributed by atoms with Crippen LogP contribution in [0.4, 0.5) is 0 Å². The molecule has 0 radical (unpaired) electrons. The van der Waals surface area contributed by atoms with Crippen molar-refractivity contribution in [2.24, 2.45) is 0 Å². The van der Waals surface area contributed by atoms with Crippen LogP contribution < -0.4 is 0 Å². The van der Waals surface area contributed by atoms with Crippen LogP contribution in [-0.4, -0.2) is 0 Å².